The van der Waals surface area contributed by atoms with Crippen LogP contribution >= 0.6 is 0 Å². The van der Waals surface area contributed by atoms with Gasteiger partial charge in [0.1, 0.15) is 5.75 Å². The number of carbonyl (C=O) groups is 1. The normalized spacial score (nSPS) is 10.8. The Kier molecular flexibility index (Phi) is 4.02. The van der Waals surface area contributed by atoms with E-state index in [1.165, 1.54) is 7.11 Å². The molecule has 20 heavy (non-hydrogen) atoms. The first kappa shape index (κ1) is 14.0. The van der Waals surface area contributed by atoms with Crippen molar-refractivity contribution in [2.75, 3.05) is 7.11 Å². The maximum absolute atomic E-state index is 11.7. The summed E-state index contributed by atoms with van der Waals surface area (Å²) in [6, 6.07) is 6.84. The van der Waals surface area contributed by atoms with Crippen molar-refractivity contribution >= 4 is 5.97 Å². The number of carbonyl (C=O) groups excluding carboxylic acids is 1. The minimum absolute atomic E-state index is 0.0937. The van der Waals surface area contributed by atoms with Crippen LogP contribution in [0.5, 0.6) is 5.75 Å². The minimum atomic E-state index is -0.481. The van der Waals surface area contributed by atoms with Crippen LogP contribution in [0.15, 0.2) is 24.3 Å². The van der Waals surface area contributed by atoms with Crippen LogP contribution in [-0.2, 0) is 11.3 Å². The van der Waals surface area contributed by atoms with E-state index in [0.29, 0.717) is 6.54 Å². The molecule has 0 radical (unpaired) electrons. The number of aromatic nitrogens is 3. The van der Waals surface area contributed by atoms with Gasteiger partial charge in [-0.2, -0.15) is 0 Å². The molecule has 106 valence electrons. The van der Waals surface area contributed by atoms with Gasteiger partial charge in [-0.1, -0.05) is 31.2 Å². The molecular formula is C14H17N3O3. The summed E-state index contributed by atoms with van der Waals surface area (Å²) in [5.74, 6) is -0.173. The van der Waals surface area contributed by atoms with Crippen LogP contribution in [0.2, 0.25) is 0 Å². The highest BCUT2D eigenvalue weighted by atomic mass is 16.5. The molecule has 1 heterocycles. The van der Waals surface area contributed by atoms with Gasteiger partial charge in [-0.15, -0.1) is 5.10 Å². The first-order valence-corrected chi connectivity index (χ1v) is 6.32. The van der Waals surface area contributed by atoms with Crippen LogP contribution < -0.4 is 0 Å². The van der Waals surface area contributed by atoms with Gasteiger partial charge in [0, 0.05) is 0 Å². The van der Waals surface area contributed by atoms with E-state index < -0.39 is 5.97 Å². The lowest BCUT2D eigenvalue weighted by molar-refractivity contribution is 0.0592. The topological polar surface area (TPSA) is 77.2 Å². The predicted octanol–water partition coefficient (Wildman–Crippen LogP) is 1.94. The number of benzene rings is 1. The Morgan fingerprint density at radius 2 is 2.00 bits per heavy atom. The van der Waals surface area contributed by atoms with Crippen LogP contribution in [0.1, 0.15) is 41.5 Å². The quantitative estimate of drug-likeness (QED) is 0.863. The summed E-state index contributed by atoms with van der Waals surface area (Å²) in [7, 11) is 1.32. The number of methoxy groups -OCH3 is 1. The standard InChI is InChI=1S/C14H17N3O3/c1-9(2)13-12(14(19)20-3)15-16-17(13)8-10-4-6-11(18)7-5-10/h4-7,9,18H,8H2,1-3H3. The Labute approximate surface area is 117 Å². The first-order valence-electron chi connectivity index (χ1n) is 6.32. The van der Waals surface area contributed by atoms with E-state index in [2.05, 4.69) is 10.3 Å². The number of aromatic hydroxyl groups is 1. The van der Waals surface area contributed by atoms with E-state index in [9.17, 15) is 9.90 Å². The largest absolute Gasteiger partial charge is 0.508 e. The van der Waals surface area contributed by atoms with E-state index in [4.69, 9.17) is 4.74 Å². The fraction of sp³-hybridized carbons (Fsp3) is 0.357. The summed E-state index contributed by atoms with van der Waals surface area (Å²) in [6.07, 6.45) is 0. The Bertz CT molecular complexity index is 603. The number of phenols is 1. The average Bonchev–Trinajstić information content (AvgIpc) is 2.84. The smallest absolute Gasteiger partial charge is 0.360 e. The van der Waals surface area contributed by atoms with Crippen molar-refractivity contribution in [2.24, 2.45) is 0 Å². The number of hydrogen-bond donors (Lipinski definition) is 1. The second-order valence-corrected chi connectivity index (χ2v) is 4.79. The molecule has 2 aromatic rings. The number of rotatable bonds is 4. The van der Waals surface area contributed by atoms with Crippen molar-refractivity contribution in [1.29, 1.82) is 0 Å². The maximum atomic E-state index is 11.7. The summed E-state index contributed by atoms with van der Waals surface area (Å²) < 4.78 is 6.40. The fourth-order valence-corrected chi connectivity index (χ4v) is 2.02. The van der Waals surface area contributed by atoms with Gasteiger partial charge >= 0.3 is 5.97 Å². The number of ether oxygens (including phenoxy) is 1. The number of nitrogens with zero attached hydrogens (tertiary/aromatic N) is 3. The molecule has 0 aliphatic heterocycles. The number of phenolic OH excluding ortho intramolecular Hbond substituents is 1. The van der Waals surface area contributed by atoms with Gasteiger partial charge < -0.3 is 9.84 Å². The molecule has 0 bridgehead atoms. The molecule has 1 aromatic heterocycles. The third-order valence-electron chi connectivity index (χ3n) is 2.97. The molecular weight excluding hydrogens is 258 g/mol. The minimum Gasteiger partial charge on any atom is -0.508 e. The zero-order chi connectivity index (χ0) is 14.7. The maximum Gasteiger partial charge on any atom is 0.360 e. The monoisotopic (exact) mass is 275 g/mol. The van der Waals surface area contributed by atoms with Crippen LogP contribution in [0.4, 0.5) is 0 Å². The Morgan fingerprint density at radius 3 is 2.55 bits per heavy atom. The summed E-state index contributed by atoms with van der Waals surface area (Å²) in [5, 5.41) is 17.2. The predicted molar refractivity (Wildman–Crippen MR) is 72.7 cm³/mol. The van der Waals surface area contributed by atoms with E-state index in [1.54, 1.807) is 28.9 Å². The Balaban J connectivity index is 2.34. The van der Waals surface area contributed by atoms with Crippen molar-refractivity contribution in [1.82, 2.24) is 15.0 Å². The van der Waals surface area contributed by atoms with Gasteiger partial charge in [0.15, 0.2) is 5.69 Å². The van der Waals surface area contributed by atoms with Crippen molar-refractivity contribution in [3.63, 3.8) is 0 Å². The summed E-state index contributed by atoms with van der Waals surface area (Å²) in [5.41, 5.74) is 1.96. The van der Waals surface area contributed by atoms with Crippen LogP contribution in [0.25, 0.3) is 0 Å². The van der Waals surface area contributed by atoms with E-state index in [1.807, 2.05) is 13.8 Å². The molecule has 0 unspecified atom stereocenters. The van der Waals surface area contributed by atoms with Crippen molar-refractivity contribution in [2.45, 2.75) is 26.3 Å². The van der Waals surface area contributed by atoms with Gasteiger partial charge in [-0.3, -0.25) is 0 Å². The Morgan fingerprint density at radius 1 is 1.35 bits per heavy atom. The van der Waals surface area contributed by atoms with Gasteiger partial charge in [-0.05, 0) is 23.6 Å². The van der Waals surface area contributed by atoms with Crippen LogP contribution in [0.3, 0.4) is 0 Å². The molecule has 1 N–H and O–H groups in total. The lowest BCUT2D eigenvalue weighted by Gasteiger charge is -2.10. The zero-order valence-corrected chi connectivity index (χ0v) is 11.7. The second-order valence-electron chi connectivity index (χ2n) is 4.79. The molecule has 0 spiro atoms. The number of esters is 1. The SMILES string of the molecule is COC(=O)c1nnn(Cc2ccc(O)cc2)c1C(C)C. The first-order chi connectivity index (χ1) is 9.52. The molecule has 0 aliphatic rings. The molecule has 6 heteroatoms. The molecule has 0 saturated carbocycles. The molecule has 0 amide bonds. The second kappa shape index (κ2) is 5.73. The fourth-order valence-electron chi connectivity index (χ4n) is 2.02. The highest BCUT2D eigenvalue weighted by Crippen LogP contribution is 2.20. The van der Waals surface area contributed by atoms with Crippen LogP contribution in [-0.4, -0.2) is 33.2 Å². The van der Waals surface area contributed by atoms with Crippen molar-refractivity contribution in [3.8, 4) is 5.75 Å². The molecule has 0 fully saturated rings. The van der Waals surface area contributed by atoms with Gasteiger partial charge in [0.25, 0.3) is 0 Å². The van der Waals surface area contributed by atoms with E-state index >= 15 is 0 Å². The average molecular weight is 275 g/mol. The third kappa shape index (κ3) is 2.79. The highest BCUT2D eigenvalue weighted by molar-refractivity contribution is 5.88. The van der Waals surface area contributed by atoms with Crippen LogP contribution in [0, 0.1) is 0 Å². The van der Waals surface area contributed by atoms with Gasteiger partial charge in [-0.25, -0.2) is 9.48 Å². The summed E-state index contributed by atoms with van der Waals surface area (Å²) >= 11 is 0. The van der Waals surface area contributed by atoms with Crippen molar-refractivity contribution < 1.29 is 14.6 Å². The third-order valence-corrected chi connectivity index (χ3v) is 2.97. The molecule has 0 saturated heterocycles. The highest BCUT2D eigenvalue weighted by Gasteiger charge is 2.22. The Hall–Kier alpha value is -2.37. The summed E-state index contributed by atoms with van der Waals surface area (Å²) in [4.78, 5) is 11.7. The lowest BCUT2D eigenvalue weighted by Crippen LogP contribution is -2.11. The van der Waals surface area contributed by atoms with Crippen molar-refractivity contribution in [3.05, 3.63) is 41.2 Å². The van der Waals surface area contributed by atoms with E-state index in [-0.39, 0.29) is 17.4 Å². The molecule has 0 atom stereocenters. The molecule has 2 rings (SSSR count). The number of hydrogen-bond acceptors (Lipinski definition) is 5. The van der Waals surface area contributed by atoms with Gasteiger partial charge in [0.2, 0.25) is 0 Å². The molecule has 6 nitrogen and oxygen atoms in total. The molecule has 0 aliphatic carbocycles. The zero-order valence-electron chi connectivity index (χ0n) is 11.7. The van der Waals surface area contributed by atoms with E-state index in [0.717, 1.165) is 11.3 Å². The lowest BCUT2D eigenvalue weighted by atomic mass is 10.1. The molecule has 1 aromatic carbocycles. The summed E-state index contributed by atoms with van der Waals surface area (Å²) in [6.45, 7) is 4.43. The van der Waals surface area contributed by atoms with Gasteiger partial charge in [0.05, 0.1) is 19.3 Å².